The van der Waals surface area contributed by atoms with Crippen molar-refractivity contribution < 1.29 is 22.7 Å². The van der Waals surface area contributed by atoms with E-state index in [0.29, 0.717) is 11.1 Å². The topological polar surface area (TPSA) is 42.1 Å². The van der Waals surface area contributed by atoms with E-state index in [-0.39, 0.29) is 24.8 Å². The lowest BCUT2D eigenvalue weighted by Gasteiger charge is -2.09. The van der Waals surface area contributed by atoms with Gasteiger partial charge in [-0.25, -0.2) is 0 Å². The summed E-state index contributed by atoms with van der Waals surface area (Å²) in [7, 11) is 0. The summed E-state index contributed by atoms with van der Waals surface area (Å²) in [5, 5.41) is 0.129. The van der Waals surface area contributed by atoms with Crippen LogP contribution in [0, 0.1) is 0 Å². The Balaban J connectivity index is 2.33. The highest BCUT2D eigenvalue weighted by Crippen LogP contribution is 2.36. The number of alkyl halides is 3. The molecule has 0 saturated carbocycles. The number of H-pyrrole nitrogens is 1. The molecule has 1 N–H and O–H groups in total. The van der Waals surface area contributed by atoms with E-state index >= 15 is 0 Å². The van der Waals surface area contributed by atoms with E-state index in [4.69, 9.17) is 4.74 Å². The highest BCUT2D eigenvalue weighted by atomic mass is 19.4. The molecule has 1 heterocycles. The summed E-state index contributed by atoms with van der Waals surface area (Å²) in [5.41, 5.74) is 0.203. The van der Waals surface area contributed by atoms with Gasteiger partial charge in [-0.05, 0) is 31.0 Å². The zero-order valence-corrected chi connectivity index (χ0v) is 10.9. The largest absolute Gasteiger partial charge is 0.466 e. The first-order valence-corrected chi connectivity index (χ1v) is 6.25. The van der Waals surface area contributed by atoms with Crippen molar-refractivity contribution in [3.05, 3.63) is 35.5 Å². The van der Waals surface area contributed by atoms with Crippen LogP contribution in [0.15, 0.2) is 24.4 Å². The number of hydrogen-bond donors (Lipinski definition) is 1. The number of esters is 1. The van der Waals surface area contributed by atoms with Gasteiger partial charge in [0, 0.05) is 23.5 Å². The Bertz CT molecular complexity index is 616. The molecule has 0 aliphatic heterocycles. The molecule has 0 atom stereocenters. The van der Waals surface area contributed by atoms with Crippen LogP contribution in [0.2, 0.25) is 0 Å². The first-order valence-electron chi connectivity index (χ1n) is 6.25. The third-order valence-corrected chi connectivity index (χ3v) is 3.00. The number of aromatic nitrogens is 1. The van der Waals surface area contributed by atoms with E-state index in [0.717, 1.165) is 6.07 Å². The summed E-state index contributed by atoms with van der Waals surface area (Å²) in [6.07, 6.45) is -2.63. The molecule has 6 heteroatoms. The number of aromatic amines is 1. The third-order valence-electron chi connectivity index (χ3n) is 3.00. The summed E-state index contributed by atoms with van der Waals surface area (Å²) in [6.45, 7) is 1.95. The van der Waals surface area contributed by atoms with Crippen LogP contribution in [0.3, 0.4) is 0 Å². The van der Waals surface area contributed by atoms with Crippen LogP contribution in [-0.4, -0.2) is 17.6 Å². The maximum atomic E-state index is 13.0. The first-order chi connectivity index (χ1) is 9.43. The monoisotopic (exact) mass is 285 g/mol. The summed E-state index contributed by atoms with van der Waals surface area (Å²) >= 11 is 0. The molecule has 0 spiro atoms. The molecule has 1 aromatic heterocycles. The standard InChI is InChI=1S/C14H14F3NO2/c1-2-20-12(19)7-6-9-8-18-11-5-3-4-10(13(9)11)14(15,16)17/h3-5,8,18H,2,6-7H2,1H3. The van der Waals surface area contributed by atoms with E-state index in [1.165, 1.54) is 12.3 Å². The molecule has 0 radical (unpaired) electrons. The quantitative estimate of drug-likeness (QED) is 0.871. The Morgan fingerprint density at radius 2 is 2.10 bits per heavy atom. The number of rotatable bonds is 4. The molecule has 0 bridgehead atoms. The van der Waals surface area contributed by atoms with Gasteiger partial charge in [-0.1, -0.05) is 6.07 Å². The Kier molecular flexibility index (Phi) is 4.01. The summed E-state index contributed by atoms with van der Waals surface area (Å²) in [5.74, 6) is -0.411. The highest BCUT2D eigenvalue weighted by molar-refractivity contribution is 5.87. The Morgan fingerprint density at radius 3 is 2.75 bits per heavy atom. The molecule has 20 heavy (non-hydrogen) atoms. The van der Waals surface area contributed by atoms with Crippen molar-refractivity contribution in [1.29, 1.82) is 0 Å². The number of ether oxygens (including phenoxy) is 1. The average Bonchev–Trinajstić information content (AvgIpc) is 2.78. The molecule has 0 saturated heterocycles. The Labute approximate surface area is 113 Å². The zero-order chi connectivity index (χ0) is 14.8. The van der Waals surface area contributed by atoms with Crippen molar-refractivity contribution in [2.45, 2.75) is 25.9 Å². The molecular formula is C14H14F3NO2. The van der Waals surface area contributed by atoms with E-state index in [1.54, 1.807) is 13.0 Å². The molecule has 0 aliphatic carbocycles. The van der Waals surface area contributed by atoms with Gasteiger partial charge in [0.2, 0.25) is 0 Å². The van der Waals surface area contributed by atoms with Crippen LogP contribution in [0.1, 0.15) is 24.5 Å². The van der Waals surface area contributed by atoms with Crippen molar-refractivity contribution >= 4 is 16.9 Å². The molecule has 0 unspecified atom stereocenters. The van der Waals surface area contributed by atoms with Crippen LogP contribution in [0.4, 0.5) is 13.2 Å². The van der Waals surface area contributed by atoms with E-state index in [1.807, 2.05) is 0 Å². The predicted octanol–water partition coefficient (Wildman–Crippen LogP) is 3.68. The van der Waals surface area contributed by atoms with Gasteiger partial charge in [0.1, 0.15) is 0 Å². The van der Waals surface area contributed by atoms with E-state index < -0.39 is 17.7 Å². The van der Waals surface area contributed by atoms with Crippen LogP contribution in [-0.2, 0) is 22.1 Å². The maximum absolute atomic E-state index is 13.0. The lowest BCUT2D eigenvalue weighted by molar-refractivity contribution is -0.143. The van der Waals surface area contributed by atoms with Gasteiger partial charge in [0.05, 0.1) is 12.2 Å². The first kappa shape index (κ1) is 14.4. The fourth-order valence-electron chi connectivity index (χ4n) is 2.16. The fourth-order valence-corrected chi connectivity index (χ4v) is 2.16. The molecular weight excluding hydrogens is 271 g/mol. The third kappa shape index (κ3) is 2.95. The lowest BCUT2D eigenvalue weighted by Crippen LogP contribution is -2.07. The Morgan fingerprint density at radius 1 is 1.35 bits per heavy atom. The van der Waals surface area contributed by atoms with Crippen LogP contribution in [0.5, 0.6) is 0 Å². The van der Waals surface area contributed by atoms with Crippen LogP contribution >= 0.6 is 0 Å². The number of carbonyl (C=O) groups is 1. The van der Waals surface area contributed by atoms with Gasteiger partial charge in [0.15, 0.2) is 0 Å². The van der Waals surface area contributed by atoms with Gasteiger partial charge in [-0.15, -0.1) is 0 Å². The van der Waals surface area contributed by atoms with Crippen molar-refractivity contribution in [3.8, 4) is 0 Å². The minimum Gasteiger partial charge on any atom is -0.466 e. The van der Waals surface area contributed by atoms with E-state index in [2.05, 4.69) is 4.98 Å². The SMILES string of the molecule is CCOC(=O)CCc1c[nH]c2cccc(C(F)(F)F)c12. The maximum Gasteiger partial charge on any atom is 0.417 e. The fraction of sp³-hybridized carbons (Fsp3) is 0.357. The molecule has 3 nitrogen and oxygen atoms in total. The molecule has 2 rings (SSSR count). The van der Waals surface area contributed by atoms with Crippen LogP contribution < -0.4 is 0 Å². The normalized spacial score (nSPS) is 11.8. The Hall–Kier alpha value is -1.98. The number of benzene rings is 1. The van der Waals surface area contributed by atoms with Crippen molar-refractivity contribution in [3.63, 3.8) is 0 Å². The molecule has 0 amide bonds. The van der Waals surface area contributed by atoms with Gasteiger partial charge < -0.3 is 9.72 Å². The predicted molar refractivity (Wildman–Crippen MR) is 68.3 cm³/mol. The molecule has 0 aliphatic rings. The number of hydrogen-bond acceptors (Lipinski definition) is 2. The number of aryl methyl sites for hydroxylation is 1. The molecule has 1 aromatic carbocycles. The second kappa shape index (κ2) is 5.56. The minimum absolute atomic E-state index is 0.0625. The average molecular weight is 285 g/mol. The van der Waals surface area contributed by atoms with Crippen molar-refractivity contribution in [2.24, 2.45) is 0 Å². The van der Waals surface area contributed by atoms with Crippen molar-refractivity contribution in [2.75, 3.05) is 6.61 Å². The second-order valence-corrected chi connectivity index (χ2v) is 4.34. The number of fused-ring (bicyclic) bond motifs is 1. The lowest BCUT2D eigenvalue weighted by atomic mass is 10.0. The van der Waals surface area contributed by atoms with Gasteiger partial charge in [-0.2, -0.15) is 13.2 Å². The van der Waals surface area contributed by atoms with Gasteiger partial charge >= 0.3 is 12.1 Å². The summed E-state index contributed by atoms with van der Waals surface area (Å²) in [4.78, 5) is 14.1. The van der Waals surface area contributed by atoms with Crippen molar-refractivity contribution in [1.82, 2.24) is 4.98 Å². The zero-order valence-electron chi connectivity index (χ0n) is 10.9. The number of nitrogens with one attached hydrogen (secondary N) is 1. The molecule has 108 valence electrons. The molecule has 2 aromatic rings. The summed E-state index contributed by atoms with van der Waals surface area (Å²) < 4.78 is 43.7. The van der Waals surface area contributed by atoms with E-state index in [9.17, 15) is 18.0 Å². The van der Waals surface area contributed by atoms with Gasteiger partial charge in [0.25, 0.3) is 0 Å². The second-order valence-electron chi connectivity index (χ2n) is 4.34. The smallest absolute Gasteiger partial charge is 0.417 e. The summed E-state index contributed by atoms with van der Waals surface area (Å²) in [6, 6.07) is 3.99. The van der Waals surface area contributed by atoms with Gasteiger partial charge in [-0.3, -0.25) is 4.79 Å². The highest BCUT2D eigenvalue weighted by Gasteiger charge is 2.33. The molecule has 0 fully saturated rings. The number of carbonyl (C=O) groups excluding carboxylic acids is 1. The number of halogens is 3. The van der Waals surface area contributed by atoms with Crippen LogP contribution in [0.25, 0.3) is 10.9 Å². The minimum atomic E-state index is -4.42.